The van der Waals surface area contributed by atoms with Crippen LogP contribution in [0.1, 0.15) is 22.3 Å². The Labute approximate surface area is 164 Å². The molecule has 0 aliphatic carbocycles. The highest BCUT2D eigenvalue weighted by Gasteiger charge is 2.25. The SMILES string of the molecule is Cn1cc(-c2cnc(N)c(C(=O)N[C@H]3CCN(Cc4ccccc4)C3)c2)cn1. The van der Waals surface area contributed by atoms with Gasteiger partial charge < -0.3 is 11.1 Å². The van der Waals surface area contributed by atoms with Crippen LogP contribution in [-0.2, 0) is 13.6 Å². The predicted octanol–water partition coefficient (Wildman–Crippen LogP) is 2.07. The third-order valence-electron chi connectivity index (χ3n) is 5.06. The van der Waals surface area contributed by atoms with Crippen LogP contribution in [0.15, 0.2) is 55.0 Å². The van der Waals surface area contributed by atoms with Crippen molar-refractivity contribution in [3.63, 3.8) is 0 Å². The highest BCUT2D eigenvalue weighted by atomic mass is 16.1. The third kappa shape index (κ3) is 4.04. The Hall–Kier alpha value is -3.19. The summed E-state index contributed by atoms with van der Waals surface area (Å²) in [6.07, 6.45) is 6.22. The summed E-state index contributed by atoms with van der Waals surface area (Å²) in [5.74, 6) is 0.0616. The molecular weight excluding hydrogens is 352 g/mol. The number of nitrogens with two attached hydrogens (primary N) is 1. The maximum absolute atomic E-state index is 12.8. The zero-order chi connectivity index (χ0) is 19.5. The lowest BCUT2D eigenvalue weighted by atomic mass is 10.1. The summed E-state index contributed by atoms with van der Waals surface area (Å²) in [6.45, 7) is 2.69. The monoisotopic (exact) mass is 376 g/mol. The van der Waals surface area contributed by atoms with Crippen LogP contribution in [0.25, 0.3) is 11.1 Å². The molecule has 0 spiro atoms. The summed E-state index contributed by atoms with van der Waals surface area (Å²) in [6, 6.07) is 12.3. The first-order valence-corrected chi connectivity index (χ1v) is 9.40. The number of likely N-dealkylation sites (tertiary alicyclic amines) is 1. The predicted molar refractivity (Wildman–Crippen MR) is 108 cm³/mol. The van der Waals surface area contributed by atoms with Gasteiger partial charge in [0.2, 0.25) is 0 Å². The standard InChI is InChI=1S/C21H24N6O/c1-26-13-17(11-24-26)16-9-19(20(22)23-10-16)21(28)25-18-7-8-27(14-18)12-15-5-3-2-4-6-15/h2-6,9-11,13,18H,7-8,12,14H2,1H3,(H2,22,23)(H,25,28)/t18-/m0/s1. The quantitative estimate of drug-likeness (QED) is 0.712. The minimum absolute atomic E-state index is 0.109. The summed E-state index contributed by atoms with van der Waals surface area (Å²) < 4.78 is 1.71. The number of pyridine rings is 1. The van der Waals surface area contributed by atoms with Crippen molar-refractivity contribution in [2.45, 2.75) is 19.0 Å². The number of aryl methyl sites for hydroxylation is 1. The molecule has 1 atom stereocenters. The fourth-order valence-electron chi connectivity index (χ4n) is 3.58. The van der Waals surface area contributed by atoms with Crippen LogP contribution in [0, 0.1) is 0 Å². The number of rotatable bonds is 5. The van der Waals surface area contributed by atoms with Gasteiger partial charge in [-0.15, -0.1) is 0 Å². The Balaban J connectivity index is 1.41. The lowest BCUT2D eigenvalue weighted by molar-refractivity contribution is 0.0938. The van der Waals surface area contributed by atoms with Crippen molar-refractivity contribution in [3.05, 3.63) is 66.1 Å². The van der Waals surface area contributed by atoms with Crippen molar-refractivity contribution in [3.8, 4) is 11.1 Å². The van der Waals surface area contributed by atoms with Crippen molar-refractivity contribution in [2.24, 2.45) is 7.05 Å². The number of carbonyl (C=O) groups is 1. The van der Waals surface area contributed by atoms with Crippen molar-refractivity contribution in [1.82, 2.24) is 25.0 Å². The lowest BCUT2D eigenvalue weighted by Crippen LogP contribution is -2.37. The highest BCUT2D eigenvalue weighted by Crippen LogP contribution is 2.22. The average Bonchev–Trinajstić information content (AvgIpc) is 3.32. The van der Waals surface area contributed by atoms with Gasteiger partial charge in [0, 0.05) is 56.2 Å². The second kappa shape index (κ2) is 7.82. The van der Waals surface area contributed by atoms with Crippen LogP contribution in [0.3, 0.4) is 0 Å². The molecule has 144 valence electrons. The molecule has 2 aromatic heterocycles. The van der Waals surface area contributed by atoms with Crippen molar-refractivity contribution in [2.75, 3.05) is 18.8 Å². The van der Waals surface area contributed by atoms with Gasteiger partial charge in [0.25, 0.3) is 5.91 Å². The molecule has 28 heavy (non-hydrogen) atoms. The molecule has 3 aromatic rings. The number of nitrogens with zero attached hydrogens (tertiary/aromatic N) is 4. The summed E-state index contributed by atoms with van der Waals surface area (Å²) in [5.41, 5.74) is 9.39. The fraction of sp³-hybridized carbons (Fsp3) is 0.286. The maximum atomic E-state index is 12.8. The Morgan fingerprint density at radius 3 is 2.82 bits per heavy atom. The first kappa shape index (κ1) is 18.2. The smallest absolute Gasteiger partial charge is 0.255 e. The number of nitrogens with one attached hydrogen (secondary N) is 1. The molecule has 3 heterocycles. The summed E-state index contributed by atoms with van der Waals surface area (Å²) in [4.78, 5) is 19.4. The van der Waals surface area contributed by atoms with Gasteiger partial charge in [-0.1, -0.05) is 30.3 Å². The van der Waals surface area contributed by atoms with Gasteiger partial charge in [0.1, 0.15) is 5.82 Å². The molecule has 3 N–H and O–H groups in total. The molecule has 7 nitrogen and oxygen atoms in total. The number of hydrogen-bond donors (Lipinski definition) is 2. The molecule has 0 unspecified atom stereocenters. The Bertz CT molecular complexity index is 968. The van der Waals surface area contributed by atoms with E-state index in [4.69, 9.17) is 5.73 Å². The van der Waals surface area contributed by atoms with E-state index in [0.29, 0.717) is 5.56 Å². The summed E-state index contributed by atoms with van der Waals surface area (Å²) in [5, 5.41) is 7.28. The molecule has 1 aromatic carbocycles. The molecule has 0 saturated carbocycles. The van der Waals surface area contributed by atoms with E-state index in [1.54, 1.807) is 23.1 Å². The number of nitrogen functional groups attached to an aromatic ring is 1. The molecule has 1 aliphatic rings. The third-order valence-corrected chi connectivity index (χ3v) is 5.06. The largest absolute Gasteiger partial charge is 0.383 e. The maximum Gasteiger partial charge on any atom is 0.255 e. The summed E-state index contributed by atoms with van der Waals surface area (Å²) in [7, 11) is 1.85. The molecule has 1 aliphatic heterocycles. The number of aromatic nitrogens is 3. The summed E-state index contributed by atoms with van der Waals surface area (Å²) >= 11 is 0. The van der Waals surface area contributed by atoms with E-state index >= 15 is 0 Å². The van der Waals surface area contributed by atoms with Crippen LogP contribution in [0.2, 0.25) is 0 Å². The van der Waals surface area contributed by atoms with E-state index in [1.165, 1.54) is 5.56 Å². The molecular formula is C21H24N6O. The van der Waals surface area contributed by atoms with Gasteiger partial charge in [-0.3, -0.25) is 14.4 Å². The van der Waals surface area contributed by atoms with E-state index in [-0.39, 0.29) is 17.8 Å². The molecule has 7 heteroatoms. The van der Waals surface area contributed by atoms with Crippen molar-refractivity contribution < 1.29 is 4.79 Å². The first-order chi connectivity index (χ1) is 13.6. The minimum atomic E-state index is -0.178. The minimum Gasteiger partial charge on any atom is -0.383 e. The van der Waals surface area contributed by atoms with Crippen molar-refractivity contribution >= 4 is 11.7 Å². The van der Waals surface area contributed by atoms with E-state index < -0.39 is 0 Å². The van der Waals surface area contributed by atoms with Crippen LogP contribution in [0.5, 0.6) is 0 Å². The molecule has 4 rings (SSSR count). The number of anilines is 1. The topological polar surface area (TPSA) is 89.1 Å². The van der Waals surface area contributed by atoms with Gasteiger partial charge in [0.05, 0.1) is 11.8 Å². The van der Waals surface area contributed by atoms with E-state index in [2.05, 4.69) is 44.6 Å². The average molecular weight is 376 g/mol. The zero-order valence-electron chi connectivity index (χ0n) is 15.9. The van der Waals surface area contributed by atoms with Gasteiger partial charge in [-0.05, 0) is 18.1 Å². The van der Waals surface area contributed by atoms with Gasteiger partial charge in [-0.2, -0.15) is 5.10 Å². The normalized spacial score (nSPS) is 17.0. The van der Waals surface area contributed by atoms with E-state index in [9.17, 15) is 4.79 Å². The van der Waals surface area contributed by atoms with Crippen LogP contribution in [0.4, 0.5) is 5.82 Å². The number of carbonyl (C=O) groups excluding carboxylic acids is 1. The van der Waals surface area contributed by atoms with Crippen molar-refractivity contribution in [1.29, 1.82) is 0 Å². The molecule has 1 amide bonds. The number of amides is 1. The number of hydrogen-bond acceptors (Lipinski definition) is 5. The first-order valence-electron chi connectivity index (χ1n) is 9.40. The molecule has 0 radical (unpaired) electrons. The van der Waals surface area contributed by atoms with Gasteiger partial charge in [-0.25, -0.2) is 4.98 Å². The molecule has 1 saturated heterocycles. The fourth-order valence-corrected chi connectivity index (χ4v) is 3.58. The second-order valence-corrected chi connectivity index (χ2v) is 7.24. The van der Waals surface area contributed by atoms with Crippen LogP contribution < -0.4 is 11.1 Å². The van der Waals surface area contributed by atoms with E-state index in [0.717, 1.165) is 37.2 Å². The lowest BCUT2D eigenvalue weighted by Gasteiger charge is -2.17. The van der Waals surface area contributed by atoms with Gasteiger partial charge >= 0.3 is 0 Å². The van der Waals surface area contributed by atoms with Crippen LogP contribution >= 0.6 is 0 Å². The van der Waals surface area contributed by atoms with Gasteiger partial charge in [0.15, 0.2) is 0 Å². The second-order valence-electron chi connectivity index (χ2n) is 7.24. The molecule has 0 bridgehead atoms. The Kier molecular flexibility index (Phi) is 5.08. The zero-order valence-corrected chi connectivity index (χ0v) is 15.9. The highest BCUT2D eigenvalue weighted by molar-refractivity contribution is 5.99. The Morgan fingerprint density at radius 1 is 1.25 bits per heavy atom. The van der Waals surface area contributed by atoms with Crippen LogP contribution in [-0.4, -0.2) is 44.7 Å². The van der Waals surface area contributed by atoms with E-state index in [1.807, 2.05) is 19.3 Å². The molecule has 1 fully saturated rings. The Morgan fingerprint density at radius 2 is 2.07 bits per heavy atom. The number of benzene rings is 1.